The van der Waals surface area contributed by atoms with Crippen molar-refractivity contribution < 1.29 is 4.79 Å². The van der Waals surface area contributed by atoms with E-state index in [2.05, 4.69) is 31.2 Å². The number of amides is 1. The normalized spacial score (nSPS) is 12.2. The van der Waals surface area contributed by atoms with Gasteiger partial charge in [-0.2, -0.15) is 0 Å². The molecule has 142 valence electrons. The lowest BCUT2D eigenvalue weighted by Crippen LogP contribution is -2.41. The fourth-order valence-electron chi connectivity index (χ4n) is 3.17. The average molecular weight is 455 g/mol. The minimum Gasteiger partial charge on any atom is -0.347 e. The Balaban J connectivity index is 1.56. The summed E-state index contributed by atoms with van der Waals surface area (Å²) in [5.74, 6) is -0.109. The predicted molar refractivity (Wildman–Crippen MR) is 118 cm³/mol. The Morgan fingerprint density at radius 3 is 2.86 bits per heavy atom. The van der Waals surface area contributed by atoms with Crippen LogP contribution in [0.2, 0.25) is 0 Å². The Morgan fingerprint density at radius 2 is 2.07 bits per heavy atom. The molecule has 0 saturated heterocycles. The first-order valence-electron chi connectivity index (χ1n) is 8.92. The monoisotopic (exact) mass is 454 g/mol. The molecule has 0 aliphatic heterocycles. The molecule has 1 atom stereocenters. The molecule has 0 fully saturated rings. The fraction of sp³-hybridized carbons (Fsp3) is 0.143. The fourth-order valence-corrected chi connectivity index (χ4v) is 5.00. The van der Waals surface area contributed by atoms with Gasteiger partial charge in [0.2, 0.25) is 0 Å². The number of thiophene rings is 1. The molecular weight excluding hydrogens is 436 g/mol. The standard InChI is InChI=1S/C21H19BrN4OS/c22-17-11-18(21(27)26-14(12-23)10-13-4-2-1-3-5-13)28-19(17)15-6-8-24-20-16(15)7-9-25-20/h1-9,11,14H,10,12,23H2,(H,24,25)(H,26,27)/t14-/m1/s1. The van der Waals surface area contributed by atoms with E-state index in [0.717, 1.165) is 31.5 Å². The summed E-state index contributed by atoms with van der Waals surface area (Å²) in [6, 6.07) is 15.8. The molecule has 1 aromatic carbocycles. The first-order chi connectivity index (χ1) is 13.7. The molecule has 3 aromatic heterocycles. The SMILES string of the molecule is NC[C@@H](Cc1ccccc1)NC(=O)c1cc(Br)c(-c2ccnc3[nH]ccc23)s1. The van der Waals surface area contributed by atoms with Crippen molar-refractivity contribution in [3.05, 3.63) is 75.8 Å². The van der Waals surface area contributed by atoms with Crippen LogP contribution < -0.4 is 11.1 Å². The number of hydrogen-bond donors (Lipinski definition) is 3. The zero-order valence-electron chi connectivity index (χ0n) is 15.0. The van der Waals surface area contributed by atoms with Gasteiger partial charge in [-0.1, -0.05) is 30.3 Å². The number of nitrogens with one attached hydrogen (secondary N) is 2. The largest absolute Gasteiger partial charge is 0.347 e. The molecule has 0 spiro atoms. The molecule has 7 heteroatoms. The molecule has 28 heavy (non-hydrogen) atoms. The van der Waals surface area contributed by atoms with E-state index in [-0.39, 0.29) is 11.9 Å². The summed E-state index contributed by atoms with van der Waals surface area (Å²) in [7, 11) is 0. The maximum Gasteiger partial charge on any atom is 0.261 e. The van der Waals surface area contributed by atoms with Crippen molar-refractivity contribution in [3.63, 3.8) is 0 Å². The van der Waals surface area contributed by atoms with Gasteiger partial charge in [0.25, 0.3) is 5.91 Å². The van der Waals surface area contributed by atoms with E-state index >= 15 is 0 Å². The number of halogens is 1. The molecule has 3 heterocycles. The van der Waals surface area contributed by atoms with Crippen LogP contribution >= 0.6 is 27.3 Å². The number of nitrogens with zero attached hydrogens (tertiary/aromatic N) is 1. The topological polar surface area (TPSA) is 83.8 Å². The van der Waals surface area contributed by atoms with Gasteiger partial charge in [0.15, 0.2) is 0 Å². The summed E-state index contributed by atoms with van der Waals surface area (Å²) in [4.78, 5) is 21.9. The van der Waals surface area contributed by atoms with Crippen LogP contribution in [0.1, 0.15) is 15.2 Å². The van der Waals surface area contributed by atoms with Crippen molar-refractivity contribution >= 4 is 44.2 Å². The second-order valence-electron chi connectivity index (χ2n) is 6.48. The second kappa shape index (κ2) is 8.26. The van der Waals surface area contributed by atoms with Crippen molar-refractivity contribution in [3.8, 4) is 10.4 Å². The van der Waals surface area contributed by atoms with Crippen LogP contribution in [0, 0.1) is 0 Å². The summed E-state index contributed by atoms with van der Waals surface area (Å²) >= 11 is 5.06. The summed E-state index contributed by atoms with van der Waals surface area (Å²) in [6.45, 7) is 0.383. The van der Waals surface area contributed by atoms with E-state index in [9.17, 15) is 4.79 Å². The zero-order valence-corrected chi connectivity index (χ0v) is 17.4. The minimum absolute atomic E-state index is 0.109. The average Bonchev–Trinajstić information content (AvgIpc) is 3.34. The number of aromatic amines is 1. The summed E-state index contributed by atoms with van der Waals surface area (Å²) in [6.07, 6.45) is 4.34. The summed E-state index contributed by atoms with van der Waals surface area (Å²) in [5.41, 5.74) is 8.92. The van der Waals surface area contributed by atoms with Crippen molar-refractivity contribution in [1.82, 2.24) is 15.3 Å². The van der Waals surface area contributed by atoms with Gasteiger partial charge in [-0.25, -0.2) is 4.98 Å². The maximum absolute atomic E-state index is 12.8. The Hall–Kier alpha value is -2.48. The molecule has 4 N–H and O–H groups in total. The van der Waals surface area contributed by atoms with Gasteiger partial charge in [-0.3, -0.25) is 4.79 Å². The van der Waals surface area contributed by atoms with E-state index in [1.807, 2.05) is 54.7 Å². The third-order valence-corrected chi connectivity index (χ3v) is 6.61. The molecule has 0 aliphatic carbocycles. The molecule has 4 rings (SSSR count). The third kappa shape index (κ3) is 3.87. The van der Waals surface area contributed by atoms with Gasteiger partial charge in [-0.15, -0.1) is 11.3 Å². The molecule has 4 aromatic rings. The van der Waals surface area contributed by atoms with Gasteiger partial charge in [0.1, 0.15) is 5.65 Å². The highest BCUT2D eigenvalue weighted by Gasteiger charge is 2.19. The van der Waals surface area contributed by atoms with Crippen LogP contribution in [0.15, 0.2) is 65.4 Å². The molecule has 5 nitrogen and oxygen atoms in total. The minimum atomic E-state index is -0.114. The highest BCUT2D eigenvalue weighted by atomic mass is 79.9. The second-order valence-corrected chi connectivity index (χ2v) is 8.39. The molecular formula is C21H19BrN4OS. The number of H-pyrrole nitrogens is 1. The highest BCUT2D eigenvalue weighted by molar-refractivity contribution is 9.10. The first kappa shape index (κ1) is 18.9. The zero-order chi connectivity index (χ0) is 19.5. The van der Waals surface area contributed by atoms with Crippen molar-refractivity contribution in [1.29, 1.82) is 0 Å². The van der Waals surface area contributed by atoms with Gasteiger partial charge < -0.3 is 16.0 Å². The van der Waals surface area contributed by atoms with Crippen LogP contribution in [-0.4, -0.2) is 28.5 Å². The van der Waals surface area contributed by atoms with E-state index in [1.165, 1.54) is 11.3 Å². The quantitative estimate of drug-likeness (QED) is 0.404. The van der Waals surface area contributed by atoms with Gasteiger partial charge in [0.05, 0.1) is 9.75 Å². The molecule has 0 radical (unpaired) electrons. The Bertz CT molecular complexity index is 1110. The van der Waals surface area contributed by atoms with E-state index < -0.39 is 0 Å². The van der Waals surface area contributed by atoms with Crippen LogP contribution in [-0.2, 0) is 6.42 Å². The molecule has 0 saturated carbocycles. The van der Waals surface area contributed by atoms with Crippen LogP contribution in [0.5, 0.6) is 0 Å². The van der Waals surface area contributed by atoms with Crippen molar-refractivity contribution in [2.45, 2.75) is 12.5 Å². The smallest absolute Gasteiger partial charge is 0.261 e. The predicted octanol–water partition coefficient (Wildman–Crippen LogP) is 4.35. The Labute approximate surface area is 175 Å². The number of aromatic nitrogens is 2. The molecule has 0 unspecified atom stereocenters. The van der Waals surface area contributed by atoms with E-state index in [4.69, 9.17) is 5.73 Å². The number of hydrogen-bond acceptors (Lipinski definition) is 4. The molecule has 0 bridgehead atoms. The van der Waals surface area contributed by atoms with Crippen LogP contribution in [0.25, 0.3) is 21.5 Å². The highest BCUT2D eigenvalue weighted by Crippen LogP contribution is 2.39. The van der Waals surface area contributed by atoms with Crippen LogP contribution in [0.4, 0.5) is 0 Å². The lowest BCUT2D eigenvalue weighted by Gasteiger charge is -2.16. The first-order valence-corrected chi connectivity index (χ1v) is 10.5. The summed E-state index contributed by atoms with van der Waals surface area (Å²) < 4.78 is 0.892. The Morgan fingerprint density at radius 1 is 1.25 bits per heavy atom. The number of nitrogens with two attached hydrogens (primary N) is 1. The number of carbonyl (C=O) groups is 1. The number of carbonyl (C=O) groups excluding carboxylic acids is 1. The van der Waals surface area contributed by atoms with Gasteiger partial charge in [0, 0.05) is 40.4 Å². The van der Waals surface area contributed by atoms with Gasteiger partial charge in [-0.05, 0) is 46.1 Å². The maximum atomic E-state index is 12.8. The number of fused-ring (bicyclic) bond motifs is 1. The van der Waals surface area contributed by atoms with E-state index in [1.54, 1.807) is 6.20 Å². The van der Waals surface area contributed by atoms with Gasteiger partial charge >= 0.3 is 0 Å². The van der Waals surface area contributed by atoms with E-state index in [0.29, 0.717) is 17.8 Å². The molecule has 1 amide bonds. The molecule has 0 aliphatic rings. The number of rotatable bonds is 6. The van der Waals surface area contributed by atoms with Crippen molar-refractivity contribution in [2.75, 3.05) is 6.54 Å². The van der Waals surface area contributed by atoms with Crippen molar-refractivity contribution in [2.24, 2.45) is 5.73 Å². The lowest BCUT2D eigenvalue weighted by atomic mass is 10.1. The Kier molecular flexibility index (Phi) is 5.57. The number of pyridine rings is 1. The third-order valence-electron chi connectivity index (χ3n) is 4.56. The number of benzene rings is 1. The van der Waals surface area contributed by atoms with Crippen LogP contribution in [0.3, 0.4) is 0 Å². The summed E-state index contributed by atoms with van der Waals surface area (Å²) in [5, 5.41) is 4.09. The lowest BCUT2D eigenvalue weighted by molar-refractivity contribution is 0.0942.